The molecule has 2 unspecified atom stereocenters. The monoisotopic (exact) mass is 226 g/mol. The molecule has 1 aromatic carbocycles. The standard InChI is InChI=1S/C14H14N2O/c15-8-10-2-1-3-12(6-10)14(17)16-9-11-4-5-13(16)7-11/h1-3,6,11,13H,4-5,7,9H2. The van der Waals surface area contributed by atoms with E-state index in [1.807, 2.05) is 4.90 Å². The van der Waals surface area contributed by atoms with Crippen molar-refractivity contribution in [2.24, 2.45) is 5.92 Å². The lowest BCUT2D eigenvalue weighted by atomic mass is 10.1. The quantitative estimate of drug-likeness (QED) is 0.736. The predicted molar refractivity (Wildman–Crippen MR) is 63.3 cm³/mol. The third-order valence-electron chi connectivity index (χ3n) is 3.91. The molecule has 1 heterocycles. The Kier molecular flexibility index (Phi) is 2.36. The molecular weight excluding hydrogens is 212 g/mol. The van der Waals surface area contributed by atoms with Crippen LogP contribution in [0.2, 0.25) is 0 Å². The molecule has 1 aliphatic heterocycles. The van der Waals surface area contributed by atoms with Crippen molar-refractivity contribution >= 4 is 5.91 Å². The maximum atomic E-state index is 12.3. The Balaban J connectivity index is 1.84. The fourth-order valence-corrected chi connectivity index (χ4v) is 3.06. The number of hydrogen-bond donors (Lipinski definition) is 0. The van der Waals surface area contributed by atoms with Crippen molar-refractivity contribution in [2.75, 3.05) is 6.54 Å². The lowest BCUT2D eigenvalue weighted by Gasteiger charge is -2.27. The molecule has 2 fully saturated rings. The van der Waals surface area contributed by atoms with Gasteiger partial charge in [-0.1, -0.05) is 6.07 Å². The van der Waals surface area contributed by atoms with Crippen LogP contribution in [-0.4, -0.2) is 23.4 Å². The van der Waals surface area contributed by atoms with Crippen molar-refractivity contribution in [1.29, 1.82) is 5.26 Å². The summed E-state index contributed by atoms with van der Waals surface area (Å²) in [7, 11) is 0. The van der Waals surface area contributed by atoms with E-state index >= 15 is 0 Å². The van der Waals surface area contributed by atoms with Gasteiger partial charge in [0.05, 0.1) is 11.6 Å². The first-order valence-corrected chi connectivity index (χ1v) is 6.09. The minimum absolute atomic E-state index is 0.0919. The van der Waals surface area contributed by atoms with Crippen LogP contribution >= 0.6 is 0 Å². The van der Waals surface area contributed by atoms with E-state index in [-0.39, 0.29) is 5.91 Å². The van der Waals surface area contributed by atoms with Crippen molar-refractivity contribution < 1.29 is 4.79 Å². The van der Waals surface area contributed by atoms with E-state index < -0.39 is 0 Å². The SMILES string of the molecule is N#Cc1cccc(C(=O)N2CC3CCC2C3)c1. The van der Waals surface area contributed by atoms with E-state index in [4.69, 9.17) is 5.26 Å². The molecule has 0 radical (unpaired) electrons. The maximum absolute atomic E-state index is 12.3. The van der Waals surface area contributed by atoms with Gasteiger partial charge in [0.25, 0.3) is 5.91 Å². The molecule has 1 amide bonds. The highest BCUT2D eigenvalue weighted by Crippen LogP contribution is 2.38. The normalized spacial score (nSPS) is 25.9. The van der Waals surface area contributed by atoms with Gasteiger partial charge in [0.1, 0.15) is 0 Å². The summed E-state index contributed by atoms with van der Waals surface area (Å²) in [6.45, 7) is 0.903. The van der Waals surface area contributed by atoms with Crippen LogP contribution in [-0.2, 0) is 0 Å². The Morgan fingerprint density at radius 3 is 2.94 bits per heavy atom. The van der Waals surface area contributed by atoms with Gasteiger partial charge in [-0.05, 0) is 43.4 Å². The van der Waals surface area contributed by atoms with E-state index in [0.29, 0.717) is 23.1 Å². The van der Waals surface area contributed by atoms with Gasteiger partial charge in [0.2, 0.25) is 0 Å². The Hall–Kier alpha value is -1.82. The highest BCUT2D eigenvalue weighted by molar-refractivity contribution is 5.95. The molecule has 1 aliphatic carbocycles. The number of hydrogen-bond acceptors (Lipinski definition) is 2. The molecular formula is C14H14N2O. The average molecular weight is 226 g/mol. The maximum Gasteiger partial charge on any atom is 0.254 e. The number of fused-ring (bicyclic) bond motifs is 2. The van der Waals surface area contributed by atoms with Gasteiger partial charge >= 0.3 is 0 Å². The van der Waals surface area contributed by atoms with Crippen LogP contribution in [0.4, 0.5) is 0 Å². The van der Waals surface area contributed by atoms with Crippen LogP contribution in [0.25, 0.3) is 0 Å². The highest BCUT2D eigenvalue weighted by atomic mass is 16.2. The van der Waals surface area contributed by atoms with Gasteiger partial charge in [0, 0.05) is 18.2 Å². The molecule has 3 heteroatoms. The first kappa shape index (κ1) is 10.3. The minimum atomic E-state index is 0.0919. The number of carbonyl (C=O) groups excluding carboxylic acids is 1. The van der Waals surface area contributed by atoms with Gasteiger partial charge in [0.15, 0.2) is 0 Å². The molecule has 3 rings (SSSR count). The predicted octanol–water partition coefficient (Wildman–Crippen LogP) is 2.18. The summed E-state index contributed by atoms with van der Waals surface area (Å²) in [6.07, 6.45) is 3.59. The van der Waals surface area contributed by atoms with E-state index in [1.54, 1.807) is 24.3 Å². The molecule has 2 bridgehead atoms. The molecule has 3 nitrogen and oxygen atoms in total. The van der Waals surface area contributed by atoms with Crippen LogP contribution in [0.5, 0.6) is 0 Å². The smallest absolute Gasteiger partial charge is 0.254 e. The Labute approximate surface area is 101 Å². The summed E-state index contributed by atoms with van der Waals surface area (Å²) in [5.41, 5.74) is 1.21. The summed E-state index contributed by atoms with van der Waals surface area (Å²) in [6, 6.07) is 9.52. The first-order chi connectivity index (χ1) is 8.28. The summed E-state index contributed by atoms with van der Waals surface area (Å²) in [5.74, 6) is 0.803. The number of nitrogens with zero attached hydrogens (tertiary/aromatic N) is 2. The first-order valence-electron chi connectivity index (χ1n) is 6.09. The molecule has 17 heavy (non-hydrogen) atoms. The van der Waals surface area contributed by atoms with Crippen molar-refractivity contribution in [1.82, 2.24) is 4.90 Å². The summed E-state index contributed by atoms with van der Waals surface area (Å²) in [4.78, 5) is 14.3. The molecule has 86 valence electrons. The fourth-order valence-electron chi connectivity index (χ4n) is 3.06. The number of likely N-dealkylation sites (tertiary alicyclic amines) is 1. The minimum Gasteiger partial charge on any atom is -0.335 e. The topological polar surface area (TPSA) is 44.1 Å². The molecule has 2 atom stereocenters. The molecule has 1 saturated heterocycles. The van der Waals surface area contributed by atoms with Crippen molar-refractivity contribution in [3.05, 3.63) is 35.4 Å². The summed E-state index contributed by atoms with van der Waals surface area (Å²) >= 11 is 0. The van der Waals surface area contributed by atoms with Crippen LogP contribution in [0.3, 0.4) is 0 Å². The number of amides is 1. The van der Waals surface area contributed by atoms with Gasteiger partial charge in [-0.2, -0.15) is 5.26 Å². The fraction of sp³-hybridized carbons (Fsp3) is 0.429. The lowest BCUT2D eigenvalue weighted by Crippen LogP contribution is -2.37. The second kappa shape index (κ2) is 3.89. The molecule has 1 saturated carbocycles. The molecule has 2 aliphatic rings. The van der Waals surface area contributed by atoms with Crippen LogP contribution in [0.15, 0.2) is 24.3 Å². The van der Waals surface area contributed by atoms with E-state index in [1.165, 1.54) is 12.8 Å². The number of rotatable bonds is 1. The van der Waals surface area contributed by atoms with Crippen molar-refractivity contribution in [2.45, 2.75) is 25.3 Å². The Morgan fingerprint density at radius 2 is 2.29 bits per heavy atom. The third kappa shape index (κ3) is 1.70. The van der Waals surface area contributed by atoms with Crippen molar-refractivity contribution in [3.8, 4) is 6.07 Å². The largest absolute Gasteiger partial charge is 0.335 e. The second-order valence-corrected chi connectivity index (χ2v) is 4.98. The van der Waals surface area contributed by atoms with Crippen LogP contribution < -0.4 is 0 Å². The number of piperidine rings is 1. The number of carbonyl (C=O) groups is 1. The van der Waals surface area contributed by atoms with E-state index in [0.717, 1.165) is 13.0 Å². The molecule has 0 N–H and O–H groups in total. The molecule has 1 aromatic rings. The van der Waals surface area contributed by atoms with Crippen LogP contribution in [0.1, 0.15) is 35.2 Å². The van der Waals surface area contributed by atoms with Gasteiger partial charge in [-0.15, -0.1) is 0 Å². The van der Waals surface area contributed by atoms with Gasteiger partial charge in [-0.3, -0.25) is 4.79 Å². The highest BCUT2D eigenvalue weighted by Gasteiger charge is 2.40. The molecule has 0 spiro atoms. The van der Waals surface area contributed by atoms with Crippen LogP contribution in [0, 0.1) is 17.2 Å². The van der Waals surface area contributed by atoms with Crippen molar-refractivity contribution in [3.63, 3.8) is 0 Å². The zero-order valence-corrected chi connectivity index (χ0v) is 9.60. The van der Waals surface area contributed by atoms with Gasteiger partial charge < -0.3 is 4.90 Å². The number of nitriles is 1. The lowest BCUT2D eigenvalue weighted by molar-refractivity contribution is 0.0703. The zero-order valence-electron chi connectivity index (χ0n) is 9.60. The van der Waals surface area contributed by atoms with E-state index in [2.05, 4.69) is 6.07 Å². The average Bonchev–Trinajstić information content (AvgIpc) is 3.00. The second-order valence-electron chi connectivity index (χ2n) is 4.98. The third-order valence-corrected chi connectivity index (χ3v) is 3.91. The van der Waals surface area contributed by atoms with E-state index in [9.17, 15) is 4.79 Å². The number of benzene rings is 1. The Bertz CT molecular complexity index is 503. The summed E-state index contributed by atoms with van der Waals surface area (Å²) in [5, 5.41) is 8.84. The zero-order chi connectivity index (χ0) is 11.8. The summed E-state index contributed by atoms with van der Waals surface area (Å²) < 4.78 is 0. The Morgan fingerprint density at radius 1 is 1.41 bits per heavy atom. The van der Waals surface area contributed by atoms with Gasteiger partial charge in [-0.25, -0.2) is 0 Å². The molecule has 0 aromatic heterocycles.